The van der Waals surface area contributed by atoms with E-state index in [-0.39, 0.29) is 12.1 Å². The van der Waals surface area contributed by atoms with E-state index in [4.69, 9.17) is 0 Å². The smallest absolute Gasteiger partial charge is 0.0894 e. The fourth-order valence-electron chi connectivity index (χ4n) is 9.49. The third-order valence-electron chi connectivity index (χ3n) is 11.6. The van der Waals surface area contributed by atoms with Crippen molar-refractivity contribution in [3.8, 4) is 22.3 Å². The summed E-state index contributed by atoms with van der Waals surface area (Å²) >= 11 is 0. The van der Waals surface area contributed by atoms with Crippen molar-refractivity contribution in [2.24, 2.45) is 5.92 Å². The lowest BCUT2D eigenvalue weighted by Crippen LogP contribution is -2.35. The van der Waals surface area contributed by atoms with E-state index in [0.717, 1.165) is 19.3 Å². The van der Waals surface area contributed by atoms with E-state index in [9.17, 15) is 4.39 Å². The van der Waals surface area contributed by atoms with Crippen molar-refractivity contribution < 1.29 is 4.39 Å². The van der Waals surface area contributed by atoms with Crippen molar-refractivity contribution in [1.82, 2.24) is 0 Å². The summed E-state index contributed by atoms with van der Waals surface area (Å²) < 4.78 is 13.9. The summed E-state index contributed by atoms with van der Waals surface area (Å²) in [5, 5.41) is 0. The van der Waals surface area contributed by atoms with E-state index in [0.29, 0.717) is 12.3 Å². The average molecular weight is 621 g/mol. The molecule has 0 N–H and O–H groups in total. The zero-order valence-electron chi connectivity index (χ0n) is 28.7. The maximum absolute atomic E-state index is 13.9. The summed E-state index contributed by atoms with van der Waals surface area (Å²) in [5.74, 6) is 0.696. The van der Waals surface area contributed by atoms with Crippen molar-refractivity contribution in [2.45, 2.75) is 89.9 Å². The summed E-state index contributed by atoms with van der Waals surface area (Å²) in [7, 11) is 0. The molecule has 0 amide bonds. The van der Waals surface area contributed by atoms with Gasteiger partial charge >= 0.3 is 0 Å². The number of rotatable bonds is 12. The highest BCUT2D eigenvalue weighted by Crippen LogP contribution is 2.64. The van der Waals surface area contributed by atoms with Gasteiger partial charge in [-0.25, -0.2) is 0 Å². The number of alkyl halides is 1. The molecule has 0 radical (unpaired) electrons. The molecule has 0 nitrogen and oxygen atoms in total. The molecule has 0 aromatic heterocycles. The van der Waals surface area contributed by atoms with E-state index in [1.807, 2.05) is 0 Å². The van der Waals surface area contributed by atoms with Crippen LogP contribution in [0.25, 0.3) is 22.3 Å². The highest BCUT2D eigenvalue weighted by molar-refractivity contribution is 5.94. The molecule has 0 heterocycles. The number of fused-ring (bicyclic) bond motifs is 7. The van der Waals surface area contributed by atoms with Crippen LogP contribution in [0.1, 0.15) is 110 Å². The summed E-state index contributed by atoms with van der Waals surface area (Å²) in [6, 6.07) is 41.7. The maximum atomic E-state index is 13.9. The Morgan fingerprint density at radius 1 is 0.574 bits per heavy atom. The number of hydrogen-bond donors (Lipinski definition) is 0. The summed E-state index contributed by atoms with van der Waals surface area (Å²) in [5.41, 5.74) is 15.7. The number of aryl methyl sites for hydroxylation is 2. The van der Waals surface area contributed by atoms with E-state index < -0.39 is 5.41 Å². The zero-order chi connectivity index (χ0) is 32.6. The minimum absolute atomic E-state index is 0.186. The lowest BCUT2D eigenvalue weighted by atomic mass is 9.61. The zero-order valence-corrected chi connectivity index (χ0v) is 28.7. The highest BCUT2D eigenvalue weighted by atomic mass is 19.1. The molecule has 1 heteroatoms. The fourth-order valence-corrected chi connectivity index (χ4v) is 9.49. The van der Waals surface area contributed by atoms with Gasteiger partial charge in [0.25, 0.3) is 0 Å². The highest BCUT2D eigenvalue weighted by Gasteiger charge is 2.53. The summed E-state index contributed by atoms with van der Waals surface area (Å²) in [6.07, 6.45) is 8.43. The van der Waals surface area contributed by atoms with Gasteiger partial charge in [0.2, 0.25) is 0 Å². The SMILES string of the molecule is CCCC(CC)CCC1(CCCCF)c2ccccc2-c2ccc3c(c21)C(c1cccc(C)c1)(c1cccc(C)c1)c1ccccc1-3. The molecule has 2 aliphatic carbocycles. The molecule has 7 rings (SSSR count). The molecule has 0 fully saturated rings. The number of halogens is 1. The van der Waals surface area contributed by atoms with Gasteiger partial charge in [-0.15, -0.1) is 0 Å². The standard InChI is InChI=1S/C46H49F/c1-5-15-34(6-2)26-28-45(27-11-12-29-47)41-22-9-7-20-37(41)39-24-25-40-38-21-8-10-23-42(38)46(44(40)43(39)45,35-18-13-16-32(3)30-35)36-19-14-17-33(4)31-36/h7-10,13-14,16-25,30-31,34H,5-6,11-12,15,26-29H2,1-4H3. The Morgan fingerprint density at radius 2 is 1.17 bits per heavy atom. The van der Waals surface area contributed by atoms with Gasteiger partial charge in [0.15, 0.2) is 0 Å². The second kappa shape index (κ2) is 12.9. The van der Waals surface area contributed by atoms with Crippen LogP contribution >= 0.6 is 0 Å². The Bertz CT molecular complexity index is 1850. The molecule has 0 bridgehead atoms. The molecule has 0 spiro atoms. The quantitative estimate of drug-likeness (QED) is 0.119. The van der Waals surface area contributed by atoms with Crippen LogP contribution in [-0.2, 0) is 10.8 Å². The first-order valence-electron chi connectivity index (χ1n) is 18.1. The Hall–Kier alpha value is -3.97. The van der Waals surface area contributed by atoms with E-state index in [2.05, 4.69) is 137 Å². The van der Waals surface area contributed by atoms with Crippen LogP contribution in [0.15, 0.2) is 109 Å². The van der Waals surface area contributed by atoms with Crippen molar-refractivity contribution in [3.63, 3.8) is 0 Å². The molecule has 2 atom stereocenters. The average Bonchev–Trinajstić information content (AvgIpc) is 3.55. The van der Waals surface area contributed by atoms with Crippen LogP contribution in [-0.4, -0.2) is 6.67 Å². The molecular formula is C46H49F. The normalized spacial score (nSPS) is 17.6. The number of benzene rings is 5. The number of unbranched alkanes of at least 4 members (excludes halogenated alkanes) is 1. The second-order valence-corrected chi connectivity index (χ2v) is 14.3. The molecule has 0 aliphatic heterocycles. The molecule has 2 aliphatic rings. The molecule has 0 saturated carbocycles. The van der Waals surface area contributed by atoms with Gasteiger partial charge in [0, 0.05) is 5.41 Å². The molecule has 5 aromatic carbocycles. The minimum atomic E-state index is -0.476. The summed E-state index contributed by atoms with van der Waals surface area (Å²) in [4.78, 5) is 0. The first-order chi connectivity index (χ1) is 23.0. The monoisotopic (exact) mass is 620 g/mol. The van der Waals surface area contributed by atoms with Crippen LogP contribution in [0.5, 0.6) is 0 Å². The number of hydrogen-bond acceptors (Lipinski definition) is 0. The Labute approximate surface area is 282 Å². The first kappa shape index (κ1) is 31.6. The van der Waals surface area contributed by atoms with Gasteiger partial charge in [-0.3, -0.25) is 4.39 Å². The Balaban J connectivity index is 1.62. The minimum Gasteiger partial charge on any atom is -0.251 e. The first-order valence-corrected chi connectivity index (χ1v) is 18.1. The molecule has 0 saturated heterocycles. The van der Waals surface area contributed by atoms with Gasteiger partial charge in [0.1, 0.15) is 0 Å². The third-order valence-corrected chi connectivity index (χ3v) is 11.6. The van der Waals surface area contributed by atoms with Crippen LogP contribution in [0.2, 0.25) is 0 Å². The Kier molecular flexibility index (Phi) is 8.69. The van der Waals surface area contributed by atoms with Crippen molar-refractivity contribution in [2.75, 3.05) is 6.67 Å². The van der Waals surface area contributed by atoms with Crippen LogP contribution in [0.4, 0.5) is 4.39 Å². The van der Waals surface area contributed by atoms with Crippen LogP contribution in [0.3, 0.4) is 0 Å². The van der Waals surface area contributed by atoms with Gasteiger partial charge in [-0.05, 0) is 108 Å². The second-order valence-electron chi connectivity index (χ2n) is 14.3. The fraction of sp³-hybridized carbons (Fsp3) is 0.348. The van der Waals surface area contributed by atoms with Crippen molar-refractivity contribution in [3.05, 3.63) is 154 Å². The lowest BCUT2D eigenvalue weighted by molar-refractivity contribution is 0.334. The molecule has 5 aromatic rings. The summed E-state index contributed by atoms with van der Waals surface area (Å²) in [6.45, 7) is 8.87. The van der Waals surface area contributed by atoms with Gasteiger partial charge < -0.3 is 0 Å². The maximum Gasteiger partial charge on any atom is 0.0894 e. The van der Waals surface area contributed by atoms with Crippen LogP contribution < -0.4 is 0 Å². The van der Waals surface area contributed by atoms with Gasteiger partial charge in [-0.2, -0.15) is 0 Å². The molecule has 47 heavy (non-hydrogen) atoms. The predicted octanol–water partition coefficient (Wildman–Crippen LogP) is 12.7. The van der Waals surface area contributed by atoms with E-state index in [1.165, 1.54) is 92.4 Å². The molecule has 2 unspecified atom stereocenters. The van der Waals surface area contributed by atoms with E-state index >= 15 is 0 Å². The lowest BCUT2D eigenvalue weighted by Gasteiger charge is -2.41. The molecular weight excluding hydrogens is 572 g/mol. The predicted molar refractivity (Wildman–Crippen MR) is 197 cm³/mol. The topological polar surface area (TPSA) is 0 Å². The van der Waals surface area contributed by atoms with Crippen molar-refractivity contribution >= 4 is 0 Å². The van der Waals surface area contributed by atoms with Crippen molar-refractivity contribution in [1.29, 1.82) is 0 Å². The largest absolute Gasteiger partial charge is 0.251 e. The van der Waals surface area contributed by atoms with Gasteiger partial charge in [0.05, 0.1) is 12.1 Å². The van der Waals surface area contributed by atoms with Crippen LogP contribution in [0, 0.1) is 19.8 Å². The molecule has 240 valence electrons. The third kappa shape index (κ3) is 5.00. The van der Waals surface area contributed by atoms with Gasteiger partial charge in [-0.1, -0.05) is 153 Å². The Morgan fingerprint density at radius 3 is 1.77 bits per heavy atom. The van der Waals surface area contributed by atoms with E-state index in [1.54, 1.807) is 0 Å².